The number of aromatic amines is 1. The third-order valence-electron chi connectivity index (χ3n) is 3.92. The molecule has 1 aromatic carbocycles. The molecule has 0 bridgehead atoms. The van der Waals surface area contributed by atoms with Crippen molar-refractivity contribution in [3.05, 3.63) is 64.0 Å². The van der Waals surface area contributed by atoms with Crippen LogP contribution in [0.25, 0.3) is 16.1 Å². The Labute approximate surface area is 157 Å². The summed E-state index contributed by atoms with van der Waals surface area (Å²) in [5, 5.41) is 15.6. The van der Waals surface area contributed by atoms with Crippen LogP contribution in [-0.4, -0.2) is 32.8 Å². The number of H-pyrrole nitrogens is 1. The number of nitrogens with one attached hydrogen (secondary N) is 2. The largest absolute Gasteiger partial charge is 0.497 e. The van der Waals surface area contributed by atoms with Crippen molar-refractivity contribution >= 4 is 28.4 Å². The van der Waals surface area contributed by atoms with Crippen molar-refractivity contribution in [1.29, 1.82) is 0 Å². The summed E-state index contributed by atoms with van der Waals surface area (Å²) < 4.78 is 6.56. The Kier molecular flexibility index (Phi) is 4.43. The number of amides is 1. The molecule has 9 heteroatoms. The van der Waals surface area contributed by atoms with Crippen molar-refractivity contribution in [2.75, 3.05) is 12.4 Å². The summed E-state index contributed by atoms with van der Waals surface area (Å²) >= 11 is 1.52. The molecule has 27 heavy (non-hydrogen) atoms. The van der Waals surface area contributed by atoms with Gasteiger partial charge in [-0.2, -0.15) is 10.2 Å². The summed E-state index contributed by atoms with van der Waals surface area (Å²) in [7, 11) is 1.56. The fourth-order valence-corrected chi connectivity index (χ4v) is 3.35. The van der Waals surface area contributed by atoms with Gasteiger partial charge in [0, 0.05) is 11.8 Å². The minimum Gasteiger partial charge on any atom is -0.497 e. The number of anilines is 1. The van der Waals surface area contributed by atoms with Gasteiger partial charge in [-0.05, 0) is 29.6 Å². The number of benzene rings is 1. The Morgan fingerprint density at radius 3 is 2.96 bits per heavy atom. The van der Waals surface area contributed by atoms with E-state index in [9.17, 15) is 9.59 Å². The molecule has 4 aromatic rings. The molecule has 1 amide bonds. The Balaban J connectivity index is 1.62. The lowest BCUT2D eigenvalue weighted by molar-refractivity contribution is -0.115. The minimum atomic E-state index is -0.359. The number of hydrogen-bond acceptors (Lipinski definition) is 6. The van der Waals surface area contributed by atoms with Gasteiger partial charge in [0.2, 0.25) is 5.91 Å². The van der Waals surface area contributed by atoms with Gasteiger partial charge in [0.15, 0.2) is 5.82 Å². The first-order valence-corrected chi connectivity index (χ1v) is 8.97. The topological polar surface area (TPSA) is 101 Å². The van der Waals surface area contributed by atoms with Crippen LogP contribution in [-0.2, 0) is 11.2 Å². The highest BCUT2D eigenvalue weighted by molar-refractivity contribution is 7.13. The molecule has 0 aliphatic carbocycles. The van der Waals surface area contributed by atoms with Crippen molar-refractivity contribution in [3.63, 3.8) is 0 Å². The highest BCUT2D eigenvalue weighted by atomic mass is 32.1. The maximum atomic E-state index is 12.4. The van der Waals surface area contributed by atoms with Crippen LogP contribution in [0.4, 0.5) is 5.69 Å². The van der Waals surface area contributed by atoms with Gasteiger partial charge in [-0.25, -0.2) is 9.61 Å². The van der Waals surface area contributed by atoms with E-state index in [1.54, 1.807) is 37.4 Å². The number of fused-ring (bicyclic) bond motifs is 1. The predicted octanol–water partition coefficient (Wildman–Crippen LogP) is 2.34. The number of methoxy groups -OCH3 is 1. The van der Waals surface area contributed by atoms with Gasteiger partial charge in [0.05, 0.1) is 18.4 Å². The smallest absolute Gasteiger partial charge is 0.290 e. The molecule has 2 N–H and O–H groups in total. The second-order valence-electron chi connectivity index (χ2n) is 5.73. The van der Waals surface area contributed by atoms with E-state index in [1.807, 2.05) is 17.5 Å². The lowest BCUT2D eigenvalue weighted by Gasteiger charge is -2.07. The lowest BCUT2D eigenvalue weighted by atomic mass is 10.3. The van der Waals surface area contributed by atoms with E-state index in [0.29, 0.717) is 28.5 Å². The van der Waals surface area contributed by atoms with Crippen LogP contribution < -0.4 is 15.6 Å². The lowest BCUT2D eigenvalue weighted by Crippen LogP contribution is -2.22. The molecule has 0 aliphatic heterocycles. The fourth-order valence-electron chi connectivity index (χ4n) is 2.67. The first-order chi connectivity index (χ1) is 13.1. The van der Waals surface area contributed by atoms with E-state index in [2.05, 4.69) is 20.6 Å². The summed E-state index contributed by atoms with van der Waals surface area (Å²) in [5.41, 5.74) is 1.26. The number of carbonyl (C=O) groups excluding carboxylic acids is 1. The van der Waals surface area contributed by atoms with E-state index < -0.39 is 0 Å². The molecule has 136 valence electrons. The molecule has 8 nitrogen and oxygen atoms in total. The van der Waals surface area contributed by atoms with Crippen molar-refractivity contribution < 1.29 is 9.53 Å². The second kappa shape index (κ2) is 7.04. The molecule has 0 saturated carbocycles. The van der Waals surface area contributed by atoms with Crippen molar-refractivity contribution in [3.8, 4) is 16.3 Å². The summed E-state index contributed by atoms with van der Waals surface area (Å²) in [4.78, 5) is 25.4. The SMILES string of the molecule is COc1cccc(NC(=O)Cc2n[nH]c(=O)c3cc(-c4cccs4)nn23)c1. The van der Waals surface area contributed by atoms with Crippen LogP contribution in [0, 0.1) is 0 Å². The highest BCUT2D eigenvalue weighted by Crippen LogP contribution is 2.24. The van der Waals surface area contributed by atoms with E-state index in [0.717, 1.165) is 4.88 Å². The van der Waals surface area contributed by atoms with Gasteiger partial charge in [-0.15, -0.1) is 11.3 Å². The van der Waals surface area contributed by atoms with Crippen molar-refractivity contribution in [1.82, 2.24) is 19.8 Å². The maximum absolute atomic E-state index is 12.4. The zero-order chi connectivity index (χ0) is 18.8. The predicted molar refractivity (Wildman–Crippen MR) is 102 cm³/mol. The number of ether oxygens (including phenoxy) is 1. The Bertz CT molecular complexity index is 1160. The van der Waals surface area contributed by atoms with Crippen molar-refractivity contribution in [2.24, 2.45) is 0 Å². The molecule has 0 unspecified atom stereocenters. The molecule has 0 radical (unpaired) electrons. The number of rotatable bonds is 5. The zero-order valence-corrected chi connectivity index (χ0v) is 15.1. The Hall–Kier alpha value is -3.46. The summed E-state index contributed by atoms with van der Waals surface area (Å²) in [5.74, 6) is 0.704. The standard InChI is InChI=1S/C18H15N5O3S/c1-26-12-5-2-4-11(8-12)19-17(24)10-16-20-21-18(25)14-9-13(22-23(14)16)15-6-3-7-27-15/h2-9H,10H2,1H3,(H,19,24)(H,21,25). The molecule has 0 fully saturated rings. The van der Waals surface area contributed by atoms with Crippen LogP contribution in [0.5, 0.6) is 5.75 Å². The van der Waals surface area contributed by atoms with E-state index in [1.165, 1.54) is 15.9 Å². The molecule has 0 atom stereocenters. The first-order valence-electron chi connectivity index (χ1n) is 8.09. The van der Waals surface area contributed by atoms with Gasteiger partial charge >= 0.3 is 0 Å². The molecule has 4 rings (SSSR count). The zero-order valence-electron chi connectivity index (χ0n) is 14.3. The average molecular weight is 381 g/mol. The Morgan fingerprint density at radius 1 is 1.30 bits per heavy atom. The number of nitrogens with zero attached hydrogens (tertiary/aromatic N) is 3. The molecule has 3 heterocycles. The number of thiophene rings is 1. The molecular formula is C18H15N5O3S. The number of aromatic nitrogens is 4. The summed E-state index contributed by atoms with van der Waals surface area (Å²) in [6, 6.07) is 12.6. The van der Waals surface area contributed by atoms with E-state index in [4.69, 9.17) is 4.74 Å². The highest BCUT2D eigenvalue weighted by Gasteiger charge is 2.15. The molecule has 0 aliphatic rings. The number of hydrogen-bond donors (Lipinski definition) is 2. The van der Waals surface area contributed by atoms with Crippen molar-refractivity contribution in [2.45, 2.75) is 6.42 Å². The van der Waals surface area contributed by atoms with Crippen LogP contribution >= 0.6 is 11.3 Å². The van der Waals surface area contributed by atoms with Crippen LogP contribution in [0.15, 0.2) is 52.6 Å². The molecule has 0 spiro atoms. The Morgan fingerprint density at radius 2 is 2.19 bits per heavy atom. The third kappa shape index (κ3) is 3.44. The van der Waals surface area contributed by atoms with Crippen LogP contribution in [0.2, 0.25) is 0 Å². The second-order valence-corrected chi connectivity index (χ2v) is 6.68. The van der Waals surface area contributed by atoms with Crippen LogP contribution in [0.3, 0.4) is 0 Å². The monoisotopic (exact) mass is 381 g/mol. The fraction of sp³-hybridized carbons (Fsp3) is 0.111. The van der Waals surface area contributed by atoms with Gasteiger partial charge in [0.1, 0.15) is 17.0 Å². The van der Waals surface area contributed by atoms with Gasteiger partial charge in [-0.1, -0.05) is 12.1 Å². The summed E-state index contributed by atoms with van der Waals surface area (Å²) in [6.07, 6.45) is -0.0456. The number of carbonyl (C=O) groups is 1. The first kappa shape index (κ1) is 17.0. The third-order valence-corrected chi connectivity index (χ3v) is 4.81. The maximum Gasteiger partial charge on any atom is 0.290 e. The van der Waals surface area contributed by atoms with E-state index >= 15 is 0 Å². The average Bonchev–Trinajstić information content (AvgIpc) is 3.34. The van der Waals surface area contributed by atoms with Gasteiger partial charge in [-0.3, -0.25) is 9.59 Å². The minimum absolute atomic E-state index is 0.0456. The van der Waals surface area contributed by atoms with Gasteiger partial charge < -0.3 is 10.1 Å². The molecule has 3 aromatic heterocycles. The quantitative estimate of drug-likeness (QED) is 0.552. The van der Waals surface area contributed by atoms with E-state index in [-0.39, 0.29) is 17.9 Å². The van der Waals surface area contributed by atoms with Gasteiger partial charge in [0.25, 0.3) is 5.56 Å². The normalized spacial score (nSPS) is 10.9. The summed E-state index contributed by atoms with van der Waals surface area (Å²) in [6.45, 7) is 0. The molecular weight excluding hydrogens is 366 g/mol. The molecule has 0 saturated heterocycles. The van der Waals surface area contributed by atoms with Crippen LogP contribution in [0.1, 0.15) is 5.82 Å².